The first-order valence-electron chi connectivity index (χ1n) is 7.35. The molecular weight excluding hydrogens is 304 g/mol. The lowest BCUT2D eigenvalue weighted by Gasteiger charge is -2.05. The summed E-state index contributed by atoms with van der Waals surface area (Å²) < 4.78 is 7.06. The normalized spacial score (nSPS) is 10.1. The third-order valence-electron chi connectivity index (χ3n) is 3.36. The molecular formula is C18H14N4O2. The second-order valence-electron chi connectivity index (χ2n) is 5.07. The van der Waals surface area contributed by atoms with Gasteiger partial charge in [-0.05, 0) is 24.3 Å². The fourth-order valence-electron chi connectivity index (χ4n) is 2.17. The molecule has 3 rings (SSSR count). The van der Waals surface area contributed by atoms with E-state index >= 15 is 0 Å². The lowest BCUT2D eigenvalue weighted by Crippen LogP contribution is -2.01. The monoisotopic (exact) mass is 318 g/mol. The van der Waals surface area contributed by atoms with Crippen molar-refractivity contribution in [2.75, 3.05) is 0 Å². The molecule has 0 radical (unpaired) electrons. The minimum Gasteiger partial charge on any atom is -0.487 e. The summed E-state index contributed by atoms with van der Waals surface area (Å²) in [5, 5.41) is 16.3. The van der Waals surface area contributed by atoms with Gasteiger partial charge in [-0.3, -0.25) is 4.79 Å². The fraction of sp³-hybridized carbons (Fsp3) is 0.111. The topological polar surface area (TPSA) is 80.8 Å². The summed E-state index contributed by atoms with van der Waals surface area (Å²) in [6.45, 7) is 0.403. The van der Waals surface area contributed by atoms with Crippen LogP contribution < -0.4 is 4.74 Å². The Kier molecular flexibility index (Phi) is 4.63. The summed E-state index contributed by atoms with van der Waals surface area (Å²) in [5.74, 6) is 0.607. The zero-order chi connectivity index (χ0) is 16.8. The first-order valence-corrected chi connectivity index (χ1v) is 7.35. The van der Waals surface area contributed by atoms with Crippen molar-refractivity contribution in [1.29, 1.82) is 5.26 Å². The highest BCUT2D eigenvalue weighted by Gasteiger charge is 2.08. The van der Waals surface area contributed by atoms with E-state index in [2.05, 4.69) is 10.3 Å². The minimum atomic E-state index is -0.0263. The molecule has 0 aliphatic rings. The molecule has 0 unspecified atom stereocenters. The van der Waals surface area contributed by atoms with Gasteiger partial charge in [0.05, 0.1) is 12.3 Å². The number of ether oxygens (including phenoxy) is 1. The van der Waals surface area contributed by atoms with Crippen LogP contribution in [0.15, 0.2) is 60.8 Å². The van der Waals surface area contributed by atoms with Gasteiger partial charge in [0.25, 0.3) is 0 Å². The lowest BCUT2D eigenvalue weighted by molar-refractivity contribution is 0.103. The highest BCUT2D eigenvalue weighted by atomic mass is 16.5. The van der Waals surface area contributed by atoms with Crippen LogP contribution in [0, 0.1) is 11.3 Å². The van der Waals surface area contributed by atoms with Gasteiger partial charge in [-0.15, -0.1) is 5.10 Å². The molecule has 24 heavy (non-hydrogen) atoms. The van der Waals surface area contributed by atoms with Crippen molar-refractivity contribution in [1.82, 2.24) is 15.0 Å². The van der Waals surface area contributed by atoms with E-state index < -0.39 is 0 Å². The summed E-state index contributed by atoms with van der Waals surface area (Å²) in [6, 6.07) is 18.1. The number of nitriles is 1. The Morgan fingerprint density at radius 3 is 2.50 bits per heavy atom. The van der Waals surface area contributed by atoms with Gasteiger partial charge in [0.15, 0.2) is 5.78 Å². The third kappa shape index (κ3) is 3.65. The van der Waals surface area contributed by atoms with Crippen molar-refractivity contribution in [3.63, 3.8) is 0 Å². The molecule has 118 valence electrons. The molecule has 1 heterocycles. The maximum atomic E-state index is 12.3. The van der Waals surface area contributed by atoms with Crippen LogP contribution in [0.25, 0.3) is 0 Å². The van der Waals surface area contributed by atoms with E-state index in [9.17, 15) is 4.79 Å². The van der Waals surface area contributed by atoms with Gasteiger partial charge in [0.2, 0.25) is 0 Å². The fourth-order valence-corrected chi connectivity index (χ4v) is 2.17. The Bertz CT molecular complexity index is 864. The van der Waals surface area contributed by atoms with Crippen molar-refractivity contribution in [2.24, 2.45) is 0 Å². The lowest BCUT2D eigenvalue weighted by atomic mass is 10.0. The molecule has 0 bridgehead atoms. The molecule has 0 spiro atoms. The quantitative estimate of drug-likeness (QED) is 0.653. The number of benzene rings is 2. The molecule has 0 fully saturated rings. The van der Waals surface area contributed by atoms with E-state index in [-0.39, 0.29) is 18.9 Å². The third-order valence-corrected chi connectivity index (χ3v) is 3.36. The zero-order valence-electron chi connectivity index (χ0n) is 12.8. The van der Waals surface area contributed by atoms with Crippen molar-refractivity contribution < 1.29 is 9.53 Å². The number of hydrogen-bond donors (Lipinski definition) is 0. The number of ketones is 1. The Hall–Kier alpha value is -3.46. The Morgan fingerprint density at radius 1 is 1.08 bits per heavy atom. The molecule has 2 aromatic carbocycles. The van der Waals surface area contributed by atoms with Crippen LogP contribution in [0.3, 0.4) is 0 Å². The number of carbonyl (C=O) groups excluding carboxylic acids is 1. The summed E-state index contributed by atoms with van der Waals surface area (Å²) in [4.78, 5) is 12.3. The largest absolute Gasteiger partial charge is 0.487 e. The van der Waals surface area contributed by atoms with Crippen molar-refractivity contribution in [3.8, 4) is 11.8 Å². The molecule has 6 nitrogen and oxygen atoms in total. The van der Waals surface area contributed by atoms with Crippen LogP contribution in [-0.2, 0) is 13.2 Å². The van der Waals surface area contributed by atoms with Crippen LogP contribution in [0.1, 0.15) is 21.6 Å². The van der Waals surface area contributed by atoms with Crippen LogP contribution in [0.2, 0.25) is 0 Å². The maximum absolute atomic E-state index is 12.3. The highest BCUT2D eigenvalue weighted by Crippen LogP contribution is 2.16. The van der Waals surface area contributed by atoms with E-state index in [0.29, 0.717) is 22.6 Å². The predicted molar refractivity (Wildman–Crippen MR) is 86.3 cm³/mol. The van der Waals surface area contributed by atoms with E-state index in [1.54, 1.807) is 42.6 Å². The van der Waals surface area contributed by atoms with Gasteiger partial charge < -0.3 is 4.74 Å². The van der Waals surface area contributed by atoms with Gasteiger partial charge >= 0.3 is 0 Å². The number of rotatable bonds is 6. The summed E-state index contributed by atoms with van der Waals surface area (Å²) in [7, 11) is 0. The average molecular weight is 318 g/mol. The summed E-state index contributed by atoms with van der Waals surface area (Å²) in [6.07, 6.45) is 1.66. The molecule has 0 saturated carbocycles. The van der Waals surface area contributed by atoms with Crippen LogP contribution in [-0.4, -0.2) is 20.8 Å². The molecule has 0 amide bonds. The van der Waals surface area contributed by atoms with Crippen LogP contribution in [0.5, 0.6) is 5.75 Å². The van der Waals surface area contributed by atoms with E-state index in [1.165, 1.54) is 4.68 Å². The van der Waals surface area contributed by atoms with Gasteiger partial charge in [0.1, 0.15) is 24.6 Å². The number of carbonyl (C=O) groups is 1. The van der Waals surface area contributed by atoms with Crippen LogP contribution in [0.4, 0.5) is 0 Å². The average Bonchev–Trinajstić information content (AvgIpc) is 3.08. The molecule has 0 aliphatic heterocycles. The summed E-state index contributed by atoms with van der Waals surface area (Å²) in [5.41, 5.74) is 1.89. The van der Waals surface area contributed by atoms with Crippen molar-refractivity contribution >= 4 is 5.78 Å². The maximum Gasteiger partial charge on any atom is 0.193 e. The second kappa shape index (κ2) is 7.20. The molecule has 0 aliphatic carbocycles. The SMILES string of the molecule is N#CCn1cc(COc2ccc(C(=O)c3ccccc3)cc2)nn1. The minimum absolute atomic E-state index is 0.0263. The molecule has 3 aromatic rings. The number of nitrogens with zero attached hydrogens (tertiary/aromatic N) is 4. The molecule has 0 atom stereocenters. The van der Waals surface area contributed by atoms with Gasteiger partial charge in [0, 0.05) is 11.1 Å². The Balaban J connectivity index is 1.62. The highest BCUT2D eigenvalue weighted by molar-refractivity contribution is 6.08. The Labute approximate surface area is 138 Å². The van der Waals surface area contributed by atoms with E-state index in [1.807, 2.05) is 24.3 Å². The van der Waals surface area contributed by atoms with Gasteiger partial charge in [-0.25, -0.2) is 4.68 Å². The van der Waals surface area contributed by atoms with Crippen molar-refractivity contribution in [3.05, 3.63) is 77.6 Å². The molecule has 0 saturated heterocycles. The first-order chi connectivity index (χ1) is 11.8. The van der Waals surface area contributed by atoms with E-state index in [4.69, 9.17) is 10.00 Å². The molecule has 6 heteroatoms. The first kappa shape index (κ1) is 15.4. The molecule has 1 aromatic heterocycles. The second-order valence-corrected chi connectivity index (χ2v) is 5.07. The zero-order valence-corrected chi connectivity index (χ0v) is 12.8. The molecule has 0 N–H and O–H groups in total. The Morgan fingerprint density at radius 2 is 1.79 bits per heavy atom. The van der Waals surface area contributed by atoms with Crippen molar-refractivity contribution in [2.45, 2.75) is 13.2 Å². The van der Waals surface area contributed by atoms with Gasteiger partial charge in [-0.1, -0.05) is 35.5 Å². The summed E-state index contributed by atoms with van der Waals surface area (Å²) >= 11 is 0. The number of hydrogen-bond acceptors (Lipinski definition) is 5. The number of aromatic nitrogens is 3. The smallest absolute Gasteiger partial charge is 0.193 e. The standard InChI is InChI=1S/C18H14N4O2/c19-10-11-22-12-16(20-21-22)13-24-17-8-6-15(7-9-17)18(23)14-4-2-1-3-5-14/h1-9,12H,11,13H2. The predicted octanol–water partition coefficient (Wildman–Crippen LogP) is 2.61. The van der Waals surface area contributed by atoms with Crippen LogP contribution >= 0.6 is 0 Å². The van der Waals surface area contributed by atoms with Gasteiger partial charge in [-0.2, -0.15) is 5.26 Å². The van der Waals surface area contributed by atoms with E-state index in [0.717, 1.165) is 0 Å².